The lowest BCUT2D eigenvalue weighted by molar-refractivity contribution is -0.885. The van der Waals surface area contributed by atoms with Crippen molar-refractivity contribution in [2.45, 2.75) is 13.5 Å². The number of carbonyl (C=O) groups excluding carboxylic acids is 2. The first-order chi connectivity index (χ1) is 13.3. The van der Waals surface area contributed by atoms with Crippen LogP contribution in [0.4, 0.5) is 5.69 Å². The molecule has 150 valence electrons. The van der Waals surface area contributed by atoms with Gasteiger partial charge in [0.05, 0.1) is 26.4 Å². The molecule has 2 N–H and O–H groups in total. The maximum absolute atomic E-state index is 12.4. The minimum absolute atomic E-state index is 0.0493. The molecule has 7 heteroatoms. The van der Waals surface area contributed by atoms with Gasteiger partial charge in [0, 0.05) is 17.6 Å². The van der Waals surface area contributed by atoms with Crippen LogP contribution in [0.15, 0.2) is 42.5 Å². The average molecular weight is 405 g/mol. The molecule has 0 saturated heterocycles. The van der Waals surface area contributed by atoms with Gasteiger partial charge in [0.15, 0.2) is 6.54 Å². The summed E-state index contributed by atoms with van der Waals surface area (Å²) in [5, 5.41) is 3.23. The van der Waals surface area contributed by atoms with Gasteiger partial charge in [-0.2, -0.15) is 0 Å². The summed E-state index contributed by atoms with van der Waals surface area (Å²) < 4.78 is 5.21. The van der Waals surface area contributed by atoms with E-state index in [-0.39, 0.29) is 18.4 Å². The molecule has 0 fully saturated rings. The molecule has 0 bridgehead atoms. The molecule has 0 aromatic heterocycles. The number of likely N-dealkylation sites (N-methyl/N-ethyl adjacent to an activating group) is 2. The number of halogens is 1. The Morgan fingerprint density at radius 2 is 1.86 bits per heavy atom. The van der Waals surface area contributed by atoms with E-state index in [1.54, 1.807) is 25.2 Å². The lowest BCUT2D eigenvalue weighted by atomic mass is 10.1. The Kier molecular flexibility index (Phi) is 7.84. The van der Waals surface area contributed by atoms with E-state index in [0.717, 1.165) is 11.4 Å². The lowest BCUT2D eigenvalue weighted by Gasteiger charge is -2.20. The van der Waals surface area contributed by atoms with Crippen LogP contribution in [0, 0.1) is 6.92 Å². The zero-order chi connectivity index (χ0) is 20.7. The van der Waals surface area contributed by atoms with Gasteiger partial charge in [0.25, 0.3) is 5.91 Å². The van der Waals surface area contributed by atoms with Crippen LogP contribution in [0.5, 0.6) is 5.75 Å². The predicted molar refractivity (Wildman–Crippen MR) is 111 cm³/mol. The van der Waals surface area contributed by atoms with Crippen LogP contribution in [-0.2, 0) is 16.1 Å². The average Bonchev–Trinajstić information content (AvgIpc) is 2.63. The van der Waals surface area contributed by atoms with Crippen molar-refractivity contribution in [2.24, 2.45) is 0 Å². The molecule has 0 aliphatic heterocycles. The molecule has 6 nitrogen and oxygen atoms in total. The second kappa shape index (κ2) is 10.1. The monoisotopic (exact) mass is 404 g/mol. The van der Waals surface area contributed by atoms with E-state index in [1.807, 2.05) is 14.0 Å². The van der Waals surface area contributed by atoms with Gasteiger partial charge in [-0.05, 0) is 25.1 Å². The van der Waals surface area contributed by atoms with Crippen molar-refractivity contribution in [3.63, 3.8) is 0 Å². The third kappa shape index (κ3) is 6.55. The molecule has 0 spiro atoms. The number of methoxy groups -OCH3 is 1. The Morgan fingerprint density at radius 3 is 2.50 bits per heavy atom. The molecule has 0 saturated carbocycles. The summed E-state index contributed by atoms with van der Waals surface area (Å²) in [6.45, 7) is 3.04. The van der Waals surface area contributed by atoms with Gasteiger partial charge < -0.3 is 19.9 Å². The number of rotatable bonds is 8. The Bertz CT molecular complexity index is 824. The molecule has 2 aromatic carbocycles. The van der Waals surface area contributed by atoms with E-state index < -0.39 is 0 Å². The van der Waals surface area contributed by atoms with Crippen LogP contribution >= 0.6 is 11.6 Å². The van der Waals surface area contributed by atoms with Gasteiger partial charge >= 0.3 is 0 Å². The molecule has 2 rings (SSSR count). The summed E-state index contributed by atoms with van der Waals surface area (Å²) >= 11 is 5.97. The first kappa shape index (κ1) is 21.7. The lowest BCUT2D eigenvalue weighted by Crippen LogP contribution is -3.08. The van der Waals surface area contributed by atoms with E-state index in [1.165, 1.54) is 23.1 Å². The number of amides is 2. The Labute approximate surface area is 171 Å². The fourth-order valence-electron chi connectivity index (χ4n) is 2.78. The summed E-state index contributed by atoms with van der Waals surface area (Å²) in [4.78, 5) is 27.2. The van der Waals surface area contributed by atoms with Crippen LogP contribution in [0.1, 0.15) is 11.1 Å². The van der Waals surface area contributed by atoms with Crippen LogP contribution in [0.2, 0.25) is 5.02 Å². The Hall–Kier alpha value is -2.57. The highest BCUT2D eigenvalue weighted by Gasteiger charge is 2.18. The van der Waals surface area contributed by atoms with Gasteiger partial charge in [-0.15, -0.1) is 0 Å². The van der Waals surface area contributed by atoms with Gasteiger partial charge in [-0.25, -0.2) is 0 Å². The van der Waals surface area contributed by atoms with Crippen LogP contribution in [-0.4, -0.2) is 51.0 Å². The molecule has 0 aliphatic rings. The van der Waals surface area contributed by atoms with Crippen LogP contribution < -0.4 is 15.0 Å². The number of nitrogens with one attached hydrogen (secondary N) is 2. The van der Waals surface area contributed by atoms with Gasteiger partial charge in [0.2, 0.25) is 5.91 Å². The van der Waals surface area contributed by atoms with Crippen molar-refractivity contribution in [2.75, 3.05) is 39.6 Å². The summed E-state index contributed by atoms with van der Waals surface area (Å²) in [6, 6.07) is 13.2. The molecule has 1 unspecified atom stereocenters. The number of hydrogen-bond donors (Lipinski definition) is 2. The molecule has 1 atom stereocenters. The Morgan fingerprint density at radius 1 is 1.18 bits per heavy atom. The molecule has 0 radical (unpaired) electrons. The van der Waals surface area contributed by atoms with Crippen molar-refractivity contribution in [1.82, 2.24) is 4.90 Å². The minimum Gasteiger partial charge on any atom is -0.495 e. The fraction of sp³-hybridized carbons (Fsp3) is 0.333. The maximum atomic E-state index is 12.4. The predicted octanol–water partition coefficient (Wildman–Crippen LogP) is 1.77. The topological polar surface area (TPSA) is 63.1 Å². The third-order valence-corrected chi connectivity index (χ3v) is 4.56. The summed E-state index contributed by atoms with van der Waals surface area (Å²) in [6.07, 6.45) is 0. The van der Waals surface area contributed by atoms with Crippen LogP contribution in [0.25, 0.3) is 0 Å². The first-order valence-corrected chi connectivity index (χ1v) is 9.40. The minimum atomic E-state index is -0.312. The largest absolute Gasteiger partial charge is 0.495 e. The number of ether oxygens (including phenoxy) is 1. The molecule has 2 aromatic rings. The van der Waals surface area contributed by atoms with Gasteiger partial charge in [0.1, 0.15) is 12.3 Å². The number of hydrogen-bond acceptors (Lipinski definition) is 3. The highest BCUT2D eigenvalue weighted by molar-refractivity contribution is 6.31. The highest BCUT2D eigenvalue weighted by Crippen LogP contribution is 2.27. The fourth-order valence-corrected chi connectivity index (χ4v) is 2.95. The summed E-state index contributed by atoms with van der Waals surface area (Å²) in [5.41, 5.74) is 2.85. The number of quaternary nitrogens is 1. The van der Waals surface area contributed by atoms with Crippen molar-refractivity contribution < 1.29 is 19.2 Å². The van der Waals surface area contributed by atoms with Crippen molar-refractivity contribution >= 4 is 29.1 Å². The van der Waals surface area contributed by atoms with E-state index in [2.05, 4.69) is 29.6 Å². The standard InChI is InChI=1S/C21H26ClN3O3/c1-15-5-7-16(8-6-15)12-24(2)14-21(27)25(3)13-20(26)23-18-11-17(22)9-10-19(18)28-4/h5-11H,12-14H2,1-4H3,(H,23,26)/p+1. The number of anilines is 1. The van der Waals surface area contributed by atoms with Gasteiger partial charge in [-0.1, -0.05) is 41.4 Å². The normalized spacial score (nSPS) is 11.6. The second-order valence-corrected chi connectivity index (χ2v) is 7.38. The van der Waals surface area contributed by atoms with Crippen molar-refractivity contribution in [3.8, 4) is 5.75 Å². The van der Waals surface area contributed by atoms with Crippen LogP contribution in [0.3, 0.4) is 0 Å². The summed E-state index contributed by atoms with van der Waals surface area (Å²) in [5.74, 6) is 0.0967. The molecule has 2 amide bonds. The number of aryl methyl sites for hydroxylation is 1. The molecule has 0 aliphatic carbocycles. The SMILES string of the molecule is COc1ccc(Cl)cc1NC(=O)CN(C)C(=O)C[NH+](C)Cc1ccc(C)cc1. The smallest absolute Gasteiger partial charge is 0.277 e. The van der Waals surface area contributed by atoms with E-state index in [0.29, 0.717) is 23.0 Å². The van der Waals surface area contributed by atoms with Crippen molar-refractivity contribution in [3.05, 3.63) is 58.6 Å². The van der Waals surface area contributed by atoms with E-state index in [9.17, 15) is 9.59 Å². The summed E-state index contributed by atoms with van der Waals surface area (Å²) in [7, 11) is 5.10. The number of benzene rings is 2. The third-order valence-electron chi connectivity index (χ3n) is 4.32. The van der Waals surface area contributed by atoms with Gasteiger partial charge in [-0.3, -0.25) is 9.59 Å². The molecular formula is C21H27ClN3O3+. The quantitative estimate of drug-likeness (QED) is 0.704. The number of nitrogens with zero attached hydrogens (tertiary/aromatic N) is 1. The van der Waals surface area contributed by atoms with E-state index >= 15 is 0 Å². The molecular weight excluding hydrogens is 378 g/mol. The van der Waals surface area contributed by atoms with E-state index in [4.69, 9.17) is 16.3 Å². The van der Waals surface area contributed by atoms with Crippen molar-refractivity contribution in [1.29, 1.82) is 0 Å². The molecule has 0 heterocycles. The first-order valence-electron chi connectivity index (χ1n) is 9.02. The number of carbonyl (C=O) groups is 2. The maximum Gasteiger partial charge on any atom is 0.277 e. The molecule has 28 heavy (non-hydrogen) atoms. The zero-order valence-electron chi connectivity index (χ0n) is 16.7. The Balaban J connectivity index is 1.86. The second-order valence-electron chi connectivity index (χ2n) is 6.94. The highest BCUT2D eigenvalue weighted by atomic mass is 35.5. The zero-order valence-corrected chi connectivity index (χ0v) is 17.5.